The molecule has 7 rings (SSSR count). The molecule has 2 atom stereocenters. The largest absolute Gasteiger partial charge is 0.508 e. The molecule has 1 saturated carbocycles. The number of aromatic nitrogens is 2. The smallest absolute Gasteiger partial charge is 0.318 e. The van der Waals surface area contributed by atoms with Crippen molar-refractivity contribution in [2.45, 2.75) is 77.2 Å². The fraction of sp³-hybridized carbons (Fsp3) is 0.545. The Bertz CT molecular complexity index is 1550. The third-order valence-electron chi connectivity index (χ3n) is 9.73. The van der Waals surface area contributed by atoms with Gasteiger partial charge in [0.25, 0.3) is 5.91 Å². The molecule has 3 fully saturated rings. The average Bonchev–Trinajstić information content (AvgIpc) is 3.50. The van der Waals surface area contributed by atoms with Gasteiger partial charge in [-0.05, 0) is 85.2 Å². The maximum atomic E-state index is 14.1. The number of hydrogen-bond acceptors (Lipinski definition) is 7. The Morgan fingerprint density at radius 3 is 2.79 bits per heavy atom. The van der Waals surface area contributed by atoms with E-state index in [1.807, 2.05) is 23.1 Å². The molecular weight excluding hydrogens is 660 g/mol. The van der Waals surface area contributed by atoms with Crippen molar-refractivity contribution in [3.63, 3.8) is 0 Å². The summed E-state index contributed by atoms with van der Waals surface area (Å²) in [7, 11) is 0. The van der Waals surface area contributed by atoms with Crippen molar-refractivity contribution >= 4 is 45.1 Å². The van der Waals surface area contributed by atoms with E-state index in [4.69, 9.17) is 14.7 Å². The summed E-state index contributed by atoms with van der Waals surface area (Å²) in [6.07, 6.45) is 6.63. The molecule has 4 aliphatic rings. The number of alkyl halides is 1. The molecule has 8 nitrogen and oxygen atoms in total. The first-order chi connectivity index (χ1) is 20.8. The zero-order valence-corrected chi connectivity index (χ0v) is 26.9. The molecule has 10 heteroatoms. The minimum absolute atomic E-state index is 0.0397. The number of amides is 1. The first kappa shape index (κ1) is 29.0. The fourth-order valence-electron chi connectivity index (χ4n) is 7.10. The molecule has 2 saturated heterocycles. The molecule has 228 valence electrons. The van der Waals surface area contributed by atoms with Crippen LogP contribution in [-0.4, -0.2) is 75.8 Å². The molecule has 1 unspecified atom stereocenters. The lowest BCUT2D eigenvalue weighted by Gasteiger charge is -2.30. The van der Waals surface area contributed by atoms with Crippen molar-refractivity contribution in [1.29, 1.82) is 0 Å². The van der Waals surface area contributed by atoms with Crippen LogP contribution in [0.4, 0.5) is 10.2 Å². The topological polar surface area (TPSA) is 82.0 Å². The number of likely N-dealkylation sites (tertiary alicyclic amines) is 1. The van der Waals surface area contributed by atoms with Crippen molar-refractivity contribution in [1.82, 2.24) is 19.8 Å². The number of fused-ring (bicyclic) bond motifs is 2. The van der Waals surface area contributed by atoms with Gasteiger partial charge in [0, 0.05) is 52.2 Å². The van der Waals surface area contributed by atoms with Crippen molar-refractivity contribution in [2.75, 3.05) is 37.7 Å². The van der Waals surface area contributed by atoms with E-state index in [0.717, 1.165) is 76.7 Å². The van der Waals surface area contributed by atoms with E-state index in [2.05, 4.69) is 39.3 Å². The highest BCUT2D eigenvalue weighted by molar-refractivity contribution is 14.1. The predicted octanol–water partition coefficient (Wildman–Crippen LogP) is 6.07. The van der Waals surface area contributed by atoms with E-state index in [1.54, 1.807) is 12.1 Å². The lowest BCUT2D eigenvalue weighted by molar-refractivity contribution is 0.0752. The van der Waals surface area contributed by atoms with E-state index in [9.17, 15) is 14.3 Å². The first-order valence-electron chi connectivity index (χ1n) is 15.6. The lowest BCUT2D eigenvalue weighted by atomic mass is 10.0. The van der Waals surface area contributed by atoms with E-state index in [1.165, 1.54) is 12.8 Å². The molecule has 0 radical (unpaired) electrons. The number of rotatable bonds is 7. The highest BCUT2D eigenvalue weighted by Gasteiger charge is 2.46. The highest BCUT2D eigenvalue weighted by atomic mass is 127. The van der Waals surface area contributed by atoms with Gasteiger partial charge in [-0.3, -0.25) is 9.69 Å². The van der Waals surface area contributed by atoms with Crippen LogP contribution < -0.4 is 9.64 Å². The average molecular weight is 700 g/mol. The highest BCUT2D eigenvalue weighted by Crippen LogP contribution is 2.47. The van der Waals surface area contributed by atoms with Crippen LogP contribution in [0.1, 0.15) is 73.5 Å². The molecular formula is C33H39FIN5O3. The van der Waals surface area contributed by atoms with Gasteiger partial charge in [-0.15, -0.1) is 0 Å². The van der Waals surface area contributed by atoms with Gasteiger partial charge >= 0.3 is 6.01 Å². The molecule has 2 aromatic carbocycles. The summed E-state index contributed by atoms with van der Waals surface area (Å²) in [4.78, 5) is 30.4. The second-order valence-electron chi connectivity index (χ2n) is 13.0. The Hall–Kier alpha value is -2.73. The summed E-state index contributed by atoms with van der Waals surface area (Å²) in [6, 6.07) is 9.82. The molecule has 3 aliphatic heterocycles. The summed E-state index contributed by atoms with van der Waals surface area (Å²) in [6.45, 7) is 6.65. The summed E-state index contributed by atoms with van der Waals surface area (Å²) >= 11 is 2.25. The van der Waals surface area contributed by atoms with E-state index < -0.39 is 6.17 Å². The second-order valence-corrected chi connectivity index (χ2v) is 14.2. The molecule has 1 aliphatic carbocycles. The Balaban J connectivity index is 1.18. The number of ether oxygens (including phenoxy) is 1. The SMILES string of the molecule is CC1CCCCCN1c1nc(OCC2(CN3CC[C@H](F)C3)CC2)nc2c1CN(C(=O)c1cc(O)cc3cccc(I)c13)C2. The quantitative estimate of drug-likeness (QED) is 0.300. The number of benzene rings is 2. The van der Waals surface area contributed by atoms with Crippen LogP contribution in [0.15, 0.2) is 30.3 Å². The molecule has 0 bridgehead atoms. The summed E-state index contributed by atoms with van der Waals surface area (Å²) in [5.74, 6) is 0.827. The number of aromatic hydroxyl groups is 1. The van der Waals surface area contributed by atoms with Crippen LogP contribution >= 0.6 is 22.6 Å². The molecule has 3 aromatic rings. The minimum Gasteiger partial charge on any atom is -0.508 e. The normalized spacial score (nSPS) is 23.4. The maximum absolute atomic E-state index is 14.1. The van der Waals surface area contributed by atoms with Gasteiger partial charge in [-0.1, -0.05) is 25.0 Å². The number of carbonyl (C=O) groups excluding carboxylic acids is 1. The van der Waals surface area contributed by atoms with Gasteiger partial charge < -0.3 is 19.6 Å². The zero-order valence-electron chi connectivity index (χ0n) is 24.7. The number of phenolic OH excluding ortho intramolecular Hbond substituents is 1. The number of hydrogen-bond donors (Lipinski definition) is 1. The monoisotopic (exact) mass is 699 g/mol. The third kappa shape index (κ3) is 5.89. The van der Waals surface area contributed by atoms with Crippen LogP contribution in [0, 0.1) is 8.99 Å². The van der Waals surface area contributed by atoms with Crippen LogP contribution in [0.2, 0.25) is 0 Å². The third-order valence-corrected chi connectivity index (χ3v) is 10.6. The first-order valence-corrected chi connectivity index (χ1v) is 16.7. The van der Waals surface area contributed by atoms with Crippen molar-refractivity contribution in [3.05, 3.63) is 50.7 Å². The molecule has 43 heavy (non-hydrogen) atoms. The standard InChI is InChI=1S/C33H39FIN5O3/c1-21-6-3-2-4-12-40(21)30-26-17-39(31(42)25-15-24(41)14-22-7-5-8-27(35)29(22)25)18-28(26)36-32(37-30)43-20-33(10-11-33)19-38-13-9-23(34)16-38/h5,7-8,14-15,21,23,41H,2-4,6,9-13,16-20H2,1H3/t21?,23-/m0/s1. The number of anilines is 1. The van der Waals surface area contributed by atoms with Gasteiger partial charge in [-0.25, -0.2) is 4.39 Å². The Morgan fingerprint density at radius 2 is 2.00 bits per heavy atom. The van der Waals surface area contributed by atoms with Crippen LogP contribution in [0.25, 0.3) is 10.8 Å². The maximum Gasteiger partial charge on any atom is 0.318 e. The zero-order chi connectivity index (χ0) is 29.7. The fourth-order valence-corrected chi connectivity index (χ4v) is 7.91. The molecule has 1 amide bonds. The van der Waals surface area contributed by atoms with Gasteiger partial charge in [0.05, 0.1) is 31.0 Å². The lowest BCUT2D eigenvalue weighted by Crippen LogP contribution is -2.35. The van der Waals surface area contributed by atoms with Gasteiger partial charge in [0.15, 0.2) is 0 Å². The number of carbonyl (C=O) groups is 1. The predicted molar refractivity (Wildman–Crippen MR) is 172 cm³/mol. The van der Waals surface area contributed by atoms with Gasteiger partial charge in [0.1, 0.15) is 17.7 Å². The van der Waals surface area contributed by atoms with E-state index >= 15 is 0 Å². The molecule has 4 heterocycles. The Morgan fingerprint density at radius 1 is 1.14 bits per heavy atom. The van der Waals surface area contributed by atoms with Gasteiger partial charge in [0.2, 0.25) is 0 Å². The van der Waals surface area contributed by atoms with Crippen molar-refractivity contribution in [2.24, 2.45) is 5.41 Å². The molecule has 0 spiro atoms. The van der Waals surface area contributed by atoms with Crippen LogP contribution in [-0.2, 0) is 13.1 Å². The van der Waals surface area contributed by atoms with Crippen LogP contribution in [0.3, 0.4) is 0 Å². The second kappa shape index (κ2) is 11.6. The number of phenols is 1. The van der Waals surface area contributed by atoms with E-state index in [-0.39, 0.29) is 17.1 Å². The van der Waals surface area contributed by atoms with E-state index in [0.29, 0.717) is 50.3 Å². The molecule has 1 N–H and O–H groups in total. The Labute approximate surface area is 265 Å². The summed E-state index contributed by atoms with van der Waals surface area (Å²) in [5.41, 5.74) is 2.35. The number of nitrogens with zero attached hydrogens (tertiary/aromatic N) is 5. The van der Waals surface area contributed by atoms with Gasteiger partial charge in [-0.2, -0.15) is 9.97 Å². The van der Waals surface area contributed by atoms with Crippen LogP contribution in [0.5, 0.6) is 11.8 Å². The Kier molecular flexibility index (Phi) is 7.86. The molecule has 1 aromatic heterocycles. The van der Waals surface area contributed by atoms with Crippen molar-refractivity contribution < 1.29 is 19.0 Å². The summed E-state index contributed by atoms with van der Waals surface area (Å²) in [5, 5.41) is 12.2. The summed E-state index contributed by atoms with van der Waals surface area (Å²) < 4.78 is 21.1. The minimum atomic E-state index is -0.720. The number of halogens is 2. The van der Waals surface area contributed by atoms with Crippen molar-refractivity contribution in [3.8, 4) is 11.8 Å².